The molecule has 1 saturated heterocycles. The van der Waals surface area contributed by atoms with Crippen LogP contribution in [0.2, 0.25) is 0 Å². The molecular formula is C19H20FN5. The Morgan fingerprint density at radius 1 is 1.20 bits per heavy atom. The number of aromatic nitrogens is 4. The predicted molar refractivity (Wildman–Crippen MR) is 94.9 cm³/mol. The summed E-state index contributed by atoms with van der Waals surface area (Å²) in [5, 5.41) is 7.41. The lowest BCUT2D eigenvalue weighted by Gasteiger charge is -2.33. The van der Waals surface area contributed by atoms with Crippen molar-refractivity contribution >= 4 is 5.82 Å². The van der Waals surface area contributed by atoms with Crippen molar-refractivity contribution in [1.29, 1.82) is 0 Å². The van der Waals surface area contributed by atoms with Gasteiger partial charge in [0.1, 0.15) is 17.5 Å². The van der Waals surface area contributed by atoms with Gasteiger partial charge in [-0.25, -0.2) is 14.4 Å². The van der Waals surface area contributed by atoms with E-state index in [4.69, 9.17) is 0 Å². The summed E-state index contributed by atoms with van der Waals surface area (Å²) in [6.07, 6.45) is 5.82. The molecule has 2 aromatic heterocycles. The summed E-state index contributed by atoms with van der Waals surface area (Å²) in [7, 11) is 0. The molecule has 1 unspecified atom stereocenters. The van der Waals surface area contributed by atoms with Crippen LogP contribution in [0.25, 0.3) is 11.1 Å². The van der Waals surface area contributed by atoms with E-state index in [0.717, 1.165) is 54.4 Å². The molecule has 0 spiro atoms. The summed E-state index contributed by atoms with van der Waals surface area (Å²) in [5.41, 5.74) is 3.15. The lowest BCUT2D eigenvalue weighted by atomic mass is 9.90. The van der Waals surface area contributed by atoms with E-state index in [2.05, 4.69) is 25.1 Å². The zero-order chi connectivity index (χ0) is 17.2. The van der Waals surface area contributed by atoms with Crippen molar-refractivity contribution in [3.8, 4) is 11.1 Å². The molecule has 1 N–H and O–H groups in total. The zero-order valence-corrected chi connectivity index (χ0v) is 14.1. The van der Waals surface area contributed by atoms with Gasteiger partial charge in [0.2, 0.25) is 0 Å². The Hall–Kier alpha value is -2.76. The zero-order valence-electron chi connectivity index (χ0n) is 14.1. The maximum atomic E-state index is 13.2. The maximum absolute atomic E-state index is 13.2. The van der Waals surface area contributed by atoms with Crippen LogP contribution in [0.5, 0.6) is 0 Å². The van der Waals surface area contributed by atoms with Crippen LogP contribution in [0.4, 0.5) is 10.2 Å². The standard InChI is InChI=1S/C19H20FN5/c1-13-21-9-8-18(23-13)25-10-2-3-15(12-25)19-17(11-22-24-19)14-4-6-16(20)7-5-14/h4-9,11,15H,2-3,10,12H2,1H3,(H,22,24). The van der Waals surface area contributed by atoms with Crippen molar-refractivity contribution in [2.75, 3.05) is 18.0 Å². The Morgan fingerprint density at radius 2 is 2.04 bits per heavy atom. The average molecular weight is 337 g/mol. The lowest BCUT2D eigenvalue weighted by molar-refractivity contribution is 0.498. The lowest BCUT2D eigenvalue weighted by Crippen LogP contribution is -2.35. The van der Waals surface area contributed by atoms with Crippen molar-refractivity contribution in [2.24, 2.45) is 0 Å². The Kier molecular flexibility index (Phi) is 4.17. The molecule has 1 aliphatic rings. The van der Waals surface area contributed by atoms with Crippen LogP contribution in [0.15, 0.2) is 42.7 Å². The quantitative estimate of drug-likeness (QED) is 0.792. The number of nitrogens with one attached hydrogen (secondary N) is 1. The van der Waals surface area contributed by atoms with Gasteiger partial charge in [0.05, 0.1) is 6.20 Å². The topological polar surface area (TPSA) is 57.7 Å². The molecule has 25 heavy (non-hydrogen) atoms. The third-order valence-electron chi connectivity index (χ3n) is 4.74. The van der Waals surface area contributed by atoms with Gasteiger partial charge >= 0.3 is 0 Å². The first kappa shape index (κ1) is 15.7. The average Bonchev–Trinajstić information content (AvgIpc) is 3.12. The third kappa shape index (κ3) is 3.24. The highest BCUT2D eigenvalue weighted by Gasteiger charge is 2.26. The molecule has 3 heterocycles. The molecule has 0 aliphatic carbocycles. The molecule has 0 bridgehead atoms. The highest BCUT2D eigenvalue weighted by atomic mass is 19.1. The first-order valence-corrected chi connectivity index (χ1v) is 8.54. The first-order valence-electron chi connectivity index (χ1n) is 8.54. The minimum atomic E-state index is -0.225. The summed E-state index contributed by atoms with van der Waals surface area (Å²) < 4.78 is 13.2. The van der Waals surface area contributed by atoms with Gasteiger partial charge in [-0.1, -0.05) is 12.1 Å². The Labute approximate surface area is 145 Å². The van der Waals surface area contributed by atoms with E-state index >= 15 is 0 Å². The number of H-pyrrole nitrogens is 1. The number of aromatic amines is 1. The molecule has 1 aromatic carbocycles. The molecular weight excluding hydrogens is 317 g/mol. The Morgan fingerprint density at radius 3 is 2.84 bits per heavy atom. The monoisotopic (exact) mass is 337 g/mol. The summed E-state index contributed by atoms with van der Waals surface area (Å²) in [4.78, 5) is 11.0. The van der Waals surface area contributed by atoms with E-state index in [0.29, 0.717) is 5.92 Å². The summed E-state index contributed by atoms with van der Waals surface area (Å²) >= 11 is 0. The molecule has 1 aliphatic heterocycles. The number of halogens is 1. The van der Waals surface area contributed by atoms with E-state index in [1.165, 1.54) is 12.1 Å². The molecule has 6 heteroatoms. The van der Waals surface area contributed by atoms with Crippen molar-refractivity contribution in [2.45, 2.75) is 25.7 Å². The molecule has 0 amide bonds. The fourth-order valence-electron chi connectivity index (χ4n) is 3.51. The van der Waals surface area contributed by atoms with Crippen LogP contribution in [0.3, 0.4) is 0 Å². The molecule has 128 valence electrons. The molecule has 3 aromatic rings. The molecule has 4 rings (SSSR count). The molecule has 0 saturated carbocycles. The van der Waals surface area contributed by atoms with Gasteiger partial charge in [0.15, 0.2) is 0 Å². The number of aryl methyl sites for hydroxylation is 1. The predicted octanol–water partition coefficient (Wildman–Crippen LogP) is 3.70. The van der Waals surface area contributed by atoms with Gasteiger partial charge in [-0.2, -0.15) is 5.10 Å². The van der Waals surface area contributed by atoms with Crippen LogP contribution in [0.1, 0.15) is 30.3 Å². The summed E-state index contributed by atoms with van der Waals surface area (Å²) in [6.45, 7) is 3.78. The SMILES string of the molecule is Cc1nccc(N2CCCC(c3[nH]ncc3-c3ccc(F)cc3)C2)n1. The smallest absolute Gasteiger partial charge is 0.132 e. The normalized spacial score (nSPS) is 17.7. The van der Waals surface area contributed by atoms with Gasteiger partial charge in [0, 0.05) is 36.5 Å². The molecule has 5 nitrogen and oxygen atoms in total. The van der Waals surface area contributed by atoms with Crippen molar-refractivity contribution < 1.29 is 4.39 Å². The summed E-state index contributed by atoms with van der Waals surface area (Å²) in [6, 6.07) is 8.55. The van der Waals surface area contributed by atoms with Gasteiger partial charge < -0.3 is 4.90 Å². The molecule has 1 atom stereocenters. The second kappa shape index (κ2) is 6.63. The van der Waals surface area contributed by atoms with E-state index < -0.39 is 0 Å². The molecule has 1 fully saturated rings. The van der Waals surface area contributed by atoms with Crippen molar-refractivity contribution in [3.63, 3.8) is 0 Å². The first-order chi connectivity index (χ1) is 12.2. The number of hydrogen-bond donors (Lipinski definition) is 1. The van der Waals surface area contributed by atoms with E-state index in [1.807, 2.05) is 19.2 Å². The number of piperidine rings is 1. The number of anilines is 1. The second-order valence-electron chi connectivity index (χ2n) is 6.45. The second-order valence-corrected chi connectivity index (χ2v) is 6.45. The van der Waals surface area contributed by atoms with E-state index in [9.17, 15) is 4.39 Å². The van der Waals surface area contributed by atoms with Crippen LogP contribution >= 0.6 is 0 Å². The van der Waals surface area contributed by atoms with E-state index in [-0.39, 0.29) is 5.82 Å². The minimum absolute atomic E-state index is 0.225. The van der Waals surface area contributed by atoms with Crippen LogP contribution < -0.4 is 4.90 Å². The van der Waals surface area contributed by atoms with Crippen LogP contribution in [-0.2, 0) is 0 Å². The van der Waals surface area contributed by atoms with Crippen molar-refractivity contribution in [3.05, 3.63) is 60.1 Å². The largest absolute Gasteiger partial charge is 0.356 e. The Bertz CT molecular complexity index is 858. The maximum Gasteiger partial charge on any atom is 0.132 e. The summed E-state index contributed by atoms with van der Waals surface area (Å²) in [5.74, 6) is 1.87. The van der Waals surface area contributed by atoms with Crippen molar-refractivity contribution in [1.82, 2.24) is 20.2 Å². The highest BCUT2D eigenvalue weighted by molar-refractivity contribution is 5.66. The molecule has 0 radical (unpaired) electrons. The van der Waals surface area contributed by atoms with Gasteiger partial charge in [-0.3, -0.25) is 5.10 Å². The van der Waals surface area contributed by atoms with Crippen LogP contribution in [0, 0.1) is 12.7 Å². The number of rotatable bonds is 3. The fourth-order valence-corrected chi connectivity index (χ4v) is 3.51. The number of nitrogens with zero attached hydrogens (tertiary/aromatic N) is 4. The minimum Gasteiger partial charge on any atom is -0.356 e. The Balaban J connectivity index is 1.60. The van der Waals surface area contributed by atoms with Gasteiger partial charge in [-0.05, 0) is 43.5 Å². The number of hydrogen-bond acceptors (Lipinski definition) is 4. The van der Waals surface area contributed by atoms with Gasteiger partial charge in [-0.15, -0.1) is 0 Å². The van der Waals surface area contributed by atoms with Crippen LogP contribution in [-0.4, -0.2) is 33.3 Å². The highest BCUT2D eigenvalue weighted by Crippen LogP contribution is 2.34. The third-order valence-corrected chi connectivity index (χ3v) is 4.74. The number of benzene rings is 1. The van der Waals surface area contributed by atoms with E-state index in [1.54, 1.807) is 18.3 Å². The van der Waals surface area contributed by atoms with Gasteiger partial charge in [0.25, 0.3) is 0 Å². The fraction of sp³-hybridized carbons (Fsp3) is 0.316.